The number of rotatable bonds is 3. The first kappa shape index (κ1) is 22.3. The van der Waals surface area contributed by atoms with Crippen molar-refractivity contribution >= 4 is 11.5 Å². The molecule has 1 amide bonds. The van der Waals surface area contributed by atoms with Crippen LogP contribution in [0.2, 0.25) is 0 Å². The van der Waals surface area contributed by atoms with Crippen LogP contribution in [0.4, 0.5) is 0 Å². The Morgan fingerprint density at radius 2 is 1.79 bits per heavy atom. The Morgan fingerprint density at radius 1 is 1.03 bits per heavy atom. The van der Waals surface area contributed by atoms with E-state index < -0.39 is 73.3 Å². The highest BCUT2D eigenvalue weighted by atomic mass is 16.7. The summed E-state index contributed by atoms with van der Waals surface area (Å²) in [6.45, 7) is -0.824. The van der Waals surface area contributed by atoms with Gasteiger partial charge in [0.1, 0.15) is 42.7 Å². The van der Waals surface area contributed by atoms with E-state index in [9.17, 15) is 40.5 Å². The fourth-order valence-corrected chi connectivity index (χ4v) is 4.53. The maximum atomic E-state index is 12.6. The van der Waals surface area contributed by atoms with Gasteiger partial charge in [-0.05, 0) is 17.7 Å². The third kappa shape index (κ3) is 3.36. The first-order valence-corrected chi connectivity index (χ1v) is 10.2. The van der Waals surface area contributed by atoms with Crippen LogP contribution in [0.1, 0.15) is 15.9 Å². The van der Waals surface area contributed by atoms with Crippen LogP contribution in [0.25, 0.3) is 5.57 Å². The normalized spacial score (nSPS) is 39.4. The van der Waals surface area contributed by atoms with E-state index in [4.69, 9.17) is 18.9 Å². The fraction of sp³-hybridized carbons (Fsp3) is 0.550. The van der Waals surface area contributed by atoms with E-state index in [0.717, 1.165) is 0 Å². The van der Waals surface area contributed by atoms with Crippen molar-refractivity contribution in [2.24, 2.45) is 0 Å². The number of carbonyl (C=O) groups excluding carboxylic acids is 1. The van der Waals surface area contributed by atoms with Gasteiger partial charge in [-0.3, -0.25) is 4.79 Å². The van der Waals surface area contributed by atoms with Gasteiger partial charge in [-0.25, -0.2) is 0 Å². The molecule has 1 fully saturated rings. The van der Waals surface area contributed by atoms with Gasteiger partial charge in [0.05, 0.1) is 18.2 Å². The number of aromatic hydroxyl groups is 1. The molecule has 1 aromatic rings. The van der Waals surface area contributed by atoms with E-state index in [0.29, 0.717) is 5.57 Å². The number of aliphatic hydroxyl groups excluding tert-OH is 6. The minimum Gasteiger partial charge on any atom is -0.504 e. The molecule has 8 N–H and O–H groups in total. The van der Waals surface area contributed by atoms with Crippen LogP contribution < -0.4 is 14.8 Å². The molecule has 0 saturated carbocycles. The minimum absolute atomic E-state index is 0.00783. The molecule has 0 spiro atoms. The maximum Gasteiger partial charge on any atom is 0.256 e. The number of ether oxygens (including phenoxy) is 4. The molecule has 1 unspecified atom stereocenters. The first-order valence-electron chi connectivity index (χ1n) is 10.2. The molecule has 13 nitrogen and oxygen atoms in total. The fourth-order valence-electron chi connectivity index (χ4n) is 4.53. The molecule has 13 heteroatoms. The number of hydrogen-bond acceptors (Lipinski definition) is 12. The van der Waals surface area contributed by atoms with E-state index in [1.807, 2.05) is 0 Å². The summed E-state index contributed by atoms with van der Waals surface area (Å²) in [5.41, 5.74) is 0.404. The van der Waals surface area contributed by atoms with Crippen molar-refractivity contribution in [1.29, 1.82) is 0 Å². The molecule has 1 aliphatic carbocycles. The van der Waals surface area contributed by atoms with Gasteiger partial charge in [-0.2, -0.15) is 0 Å². The highest BCUT2D eigenvalue weighted by molar-refractivity contribution is 6.07. The number of amides is 1. The second-order valence-corrected chi connectivity index (χ2v) is 8.23. The summed E-state index contributed by atoms with van der Waals surface area (Å²) in [5.74, 6) is -0.938. The van der Waals surface area contributed by atoms with Crippen LogP contribution in [0.5, 0.6) is 17.2 Å². The van der Waals surface area contributed by atoms with Gasteiger partial charge in [0.25, 0.3) is 5.91 Å². The molecule has 4 aliphatic rings. The van der Waals surface area contributed by atoms with Crippen molar-refractivity contribution in [2.45, 2.75) is 55.1 Å². The molecular formula is C20H23NO12. The number of benzene rings is 1. The summed E-state index contributed by atoms with van der Waals surface area (Å²) in [6.07, 6.45) is -10.9. The average Bonchev–Trinajstić information content (AvgIpc) is 3.27. The van der Waals surface area contributed by atoms with Gasteiger partial charge < -0.3 is 60.0 Å². The zero-order valence-electron chi connectivity index (χ0n) is 16.9. The lowest BCUT2D eigenvalue weighted by Gasteiger charge is -2.44. The molecule has 1 saturated heterocycles. The van der Waals surface area contributed by atoms with Crippen LogP contribution in [0, 0.1) is 0 Å². The number of carbonyl (C=O) groups is 1. The van der Waals surface area contributed by atoms with Gasteiger partial charge in [-0.1, -0.05) is 0 Å². The maximum absolute atomic E-state index is 12.6. The molecule has 5 rings (SSSR count). The molecule has 1 aromatic carbocycles. The summed E-state index contributed by atoms with van der Waals surface area (Å²) >= 11 is 0. The van der Waals surface area contributed by atoms with E-state index in [1.165, 1.54) is 12.1 Å². The first-order chi connectivity index (χ1) is 15.7. The standard InChI is InChI=1S/C20H23NO12/c22-3-9-13(24)16(27)17(28)20(33-9)32-7-2-6-5-1-8-18(31-4-30-8)14(25)10(5)19(29)21-11(6)15(26)12(7)23/h1-2,7,9,11-13,15-17,20,22-28H,3-4H2,(H,21,29)/t7-,9+,11?,12+,13+,15-,16-,17+,20+/m0/s1. The third-order valence-corrected chi connectivity index (χ3v) is 6.31. The summed E-state index contributed by atoms with van der Waals surface area (Å²) in [6, 6.07) is 0.416. The van der Waals surface area contributed by atoms with Crippen LogP contribution in [0.3, 0.4) is 0 Å². The van der Waals surface area contributed by atoms with Crippen molar-refractivity contribution in [3.8, 4) is 17.2 Å². The Balaban J connectivity index is 1.52. The number of aliphatic hydroxyl groups is 6. The SMILES string of the molecule is O=C1NC2C(=C[C@H](O[C@@H]3O[C@H](CO)[C@@H](O)[C@H](O)[C@H]3O)[C@@H](O)[C@H]2O)c2cc3c(c(O)c21)OCO3. The zero-order chi connectivity index (χ0) is 23.6. The Hall–Kier alpha value is -2.49. The van der Waals surface area contributed by atoms with E-state index >= 15 is 0 Å². The molecule has 3 heterocycles. The lowest BCUT2D eigenvalue weighted by atomic mass is 9.79. The van der Waals surface area contributed by atoms with Crippen molar-refractivity contribution in [1.82, 2.24) is 5.32 Å². The summed E-state index contributed by atoms with van der Waals surface area (Å²) in [7, 11) is 0. The molecule has 3 aliphatic heterocycles. The Kier molecular flexibility index (Phi) is 5.46. The van der Waals surface area contributed by atoms with Crippen molar-refractivity contribution < 1.29 is 59.5 Å². The molecule has 180 valence electrons. The number of hydrogen-bond donors (Lipinski definition) is 8. The smallest absolute Gasteiger partial charge is 0.256 e. The topological polar surface area (TPSA) is 208 Å². The number of phenols is 1. The Labute approximate surface area is 186 Å². The second-order valence-electron chi connectivity index (χ2n) is 8.23. The lowest BCUT2D eigenvalue weighted by Crippen LogP contribution is -2.62. The molecule has 0 bridgehead atoms. The lowest BCUT2D eigenvalue weighted by molar-refractivity contribution is -0.314. The quantitative estimate of drug-likeness (QED) is 0.217. The second kappa shape index (κ2) is 8.07. The van der Waals surface area contributed by atoms with Crippen molar-refractivity contribution in [2.75, 3.05) is 13.4 Å². The monoisotopic (exact) mass is 469 g/mol. The van der Waals surface area contributed by atoms with Crippen molar-refractivity contribution in [3.63, 3.8) is 0 Å². The summed E-state index contributed by atoms with van der Waals surface area (Å²) < 4.78 is 21.4. The third-order valence-electron chi connectivity index (χ3n) is 6.31. The molecular weight excluding hydrogens is 446 g/mol. The Bertz CT molecular complexity index is 996. The van der Waals surface area contributed by atoms with Crippen LogP contribution in [0.15, 0.2) is 12.1 Å². The molecule has 33 heavy (non-hydrogen) atoms. The van der Waals surface area contributed by atoms with Crippen LogP contribution in [-0.2, 0) is 9.47 Å². The van der Waals surface area contributed by atoms with Crippen molar-refractivity contribution in [3.05, 3.63) is 23.3 Å². The molecule has 0 radical (unpaired) electrons. The van der Waals surface area contributed by atoms with Gasteiger partial charge in [0.2, 0.25) is 12.5 Å². The predicted octanol–water partition coefficient (Wildman–Crippen LogP) is -3.46. The van der Waals surface area contributed by atoms with E-state index in [1.54, 1.807) is 0 Å². The number of phenolic OH excluding ortho intramolecular Hbond substituents is 1. The van der Waals surface area contributed by atoms with E-state index in [2.05, 4.69) is 5.32 Å². The highest BCUT2D eigenvalue weighted by Crippen LogP contribution is 2.48. The predicted molar refractivity (Wildman–Crippen MR) is 104 cm³/mol. The van der Waals surface area contributed by atoms with Gasteiger partial charge in [0, 0.05) is 5.56 Å². The van der Waals surface area contributed by atoms with Gasteiger partial charge in [0.15, 0.2) is 17.8 Å². The van der Waals surface area contributed by atoms with E-state index in [-0.39, 0.29) is 29.4 Å². The van der Waals surface area contributed by atoms with Gasteiger partial charge in [-0.15, -0.1) is 0 Å². The zero-order valence-corrected chi connectivity index (χ0v) is 16.9. The minimum atomic E-state index is -1.72. The highest BCUT2D eigenvalue weighted by Gasteiger charge is 2.49. The summed E-state index contributed by atoms with van der Waals surface area (Å²) in [5, 5.41) is 73.9. The van der Waals surface area contributed by atoms with Crippen LogP contribution >= 0.6 is 0 Å². The van der Waals surface area contributed by atoms with Crippen LogP contribution in [-0.4, -0.2) is 110 Å². The Morgan fingerprint density at radius 3 is 2.52 bits per heavy atom. The van der Waals surface area contributed by atoms with Gasteiger partial charge >= 0.3 is 0 Å². The average molecular weight is 469 g/mol. The summed E-state index contributed by atoms with van der Waals surface area (Å²) in [4.78, 5) is 12.6. The number of fused-ring (bicyclic) bond motifs is 4. The number of nitrogens with one attached hydrogen (secondary N) is 1. The molecule has 9 atom stereocenters. The molecule has 0 aromatic heterocycles. The largest absolute Gasteiger partial charge is 0.504 e.